The number of aliphatic imine (C=N–C) groups is 1. The van der Waals surface area contributed by atoms with Gasteiger partial charge in [0.1, 0.15) is 0 Å². The van der Waals surface area contributed by atoms with Gasteiger partial charge >= 0.3 is 0 Å². The van der Waals surface area contributed by atoms with Crippen molar-refractivity contribution in [3.8, 4) is 0 Å². The van der Waals surface area contributed by atoms with Crippen LogP contribution in [0.25, 0.3) is 0 Å². The van der Waals surface area contributed by atoms with Crippen molar-refractivity contribution in [1.29, 1.82) is 0 Å². The first kappa shape index (κ1) is 17.0. The predicted molar refractivity (Wildman–Crippen MR) is 109 cm³/mol. The van der Waals surface area contributed by atoms with Gasteiger partial charge in [-0.2, -0.15) is 0 Å². The molecule has 0 amide bonds. The van der Waals surface area contributed by atoms with Crippen molar-refractivity contribution in [2.75, 3.05) is 24.5 Å². The highest BCUT2D eigenvalue weighted by Gasteiger charge is 2.39. The average Bonchev–Trinajstić information content (AvgIpc) is 3.29. The molecular formula is C22H28N4. The van der Waals surface area contributed by atoms with Crippen LogP contribution >= 0.6 is 0 Å². The van der Waals surface area contributed by atoms with E-state index in [1.807, 2.05) is 0 Å². The van der Waals surface area contributed by atoms with E-state index in [0.29, 0.717) is 18.0 Å². The highest BCUT2D eigenvalue weighted by molar-refractivity contribution is 5.81. The third kappa shape index (κ3) is 4.01. The molecule has 2 N–H and O–H groups in total. The van der Waals surface area contributed by atoms with Gasteiger partial charge in [-0.3, -0.25) is 4.99 Å². The third-order valence-corrected chi connectivity index (χ3v) is 5.31. The molecular weight excluding hydrogens is 320 g/mol. The minimum absolute atomic E-state index is 0.446. The normalized spacial score (nSPS) is 25.2. The summed E-state index contributed by atoms with van der Waals surface area (Å²) in [6.07, 6.45) is 2.33. The predicted octanol–water partition coefficient (Wildman–Crippen LogP) is 3.38. The molecule has 1 aliphatic carbocycles. The third-order valence-electron chi connectivity index (χ3n) is 5.31. The van der Waals surface area contributed by atoms with Gasteiger partial charge in [-0.1, -0.05) is 48.5 Å². The fraction of sp³-hybridized carbons (Fsp3) is 0.409. The maximum atomic E-state index is 4.67. The van der Waals surface area contributed by atoms with Gasteiger partial charge in [0, 0.05) is 43.3 Å². The minimum Gasteiger partial charge on any atom is -0.369 e. The Kier molecular flexibility index (Phi) is 5.09. The monoisotopic (exact) mass is 348 g/mol. The molecule has 4 nitrogen and oxygen atoms in total. The molecule has 2 aromatic carbocycles. The Hall–Kier alpha value is -2.49. The summed E-state index contributed by atoms with van der Waals surface area (Å²) in [7, 11) is 0. The van der Waals surface area contributed by atoms with Crippen LogP contribution < -0.4 is 15.5 Å². The number of hydrogen-bond donors (Lipinski definition) is 2. The summed E-state index contributed by atoms with van der Waals surface area (Å²) >= 11 is 0. The summed E-state index contributed by atoms with van der Waals surface area (Å²) in [6.45, 7) is 5.02. The molecule has 26 heavy (non-hydrogen) atoms. The van der Waals surface area contributed by atoms with Gasteiger partial charge in [0.05, 0.1) is 0 Å². The lowest BCUT2D eigenvalue weighted by molar-refractivity contribution is 0.644. The molecule has 1 heterocycles. The number of guanidine groups is 1. The van der Waals surface area contributed by atoms with E-state index < -0.39 is 0 Å². The van der Waals surface area contributed by atoms with Crippen LogP contribution in [0.2, 0.25) is 0 Å². The molecule has 2 aromatic rings. The molecule has 0 spiro atoms. The van der Waals surface area contributed by atoms with Gasteiger partial charge in [-0.25, -0.2) is 0 Å². The van der Waals surface area contributed by atoms with Crippen molar-refractivity contribution < 1.29 is 0 Å². The van der Waals surface area contributed by atoms with Gasteiger partial charge in [-0.15, -0.1) is 0 Å². The molecule has 0 aromatic heterocycles. The van der Waals surface area contributed by atoms with E-state index in [-0.39, 0.29) is 0 Å². The SMILES string of the molecule is CCN=C(NC1CCN(c2ccccc2)C1)NC1CC1c1ccccc1. The Morgan fingerprint density at radius 3 is 2.50 bits per heavy atom. The second kappa shape index (κ2) is 7.81. The number of rotatable bonds is 5. The lowest BCUT2D eigenvalue weighted by atomic mass is 10.1. The van der Waals surface area contributed by atoms with Crippen molar-refractivity contribution in [2.45, 2.75) is 37.8 Å². The first-order valence-corrected chi connectivity index (χ1v) is 9.76. The zero-order valence-electron chi connectivity index (χ0n) is 15.4. The molecule has 3 unspecified atom stereocenters. The minimum atomic E-state index is 0.446. The molecule has 3 atom stereocenters. The van der Waals surface area contributed by atoms with Crippen molar-refractivity contribution in [3.63, 3.8) is 0 Å². The van der Waals surface area contributed by atoms with Crippen molar-refractivity contribution >= 4 is 11.6 Å². The van der Waals surface area contributed by atoms with Gasteiger partial charge in [-0.05, 0) is 37.5 Å². The molecule has 0 bridgehead atoms. The smallest absolute Gasteiger partial charge is 0.191 e. The molecule has 1 aliphatic heterocycles. The summed E-state index contributed by atoms with van der Waals surface area (Å²) in [4.78, 5) is 7.12. The molecule has 1 saturated heterocycles. The van der Waals surface area contributed by atoms with Gasteiger partial charge in [0.25, 0.3) is 0 Å². The Morgan fingerprint density at radius 1 is 1.04 bits per heavy atom. The number of hydrogen-bond acceptors (Lipinski definition) is 2. The van der Waals surface area contributed by atoms with Crippen LogP contribution in [0.3, 0.4) is 0 Å². The largest absolute Gasteiger partial charge is 0.369 e. The van der Waals surface area contributed by atoms with Crippen molar-refractivity contribution in [2.24, 2.45) is 4.99 Å². The summed E-state index contributed by atoms with van der Waals surface area (Å²) in [5.41, 5.74) is 2.74. The summed E-state index contributed by atoms with van der Waals surface area (Å²) in [6, 6.07) is 22.4. The number of nitrogens with zero attached hydrogens (tertiary/aromatic N) is 2. The standard InChI is InChI=1S/C22H28N4/c1-2-23-22(25-21-15-20(21)17-9-5-3-6-10-17)24-18-13-14-26(16-18)19-11-7-4-8-12-19/h3-12,18,20-21H,2,13-16H2,1H3,(H2,23,24,25). The zero-order chi connectivity index (χ0) is 17.8. The molecule has 2 aliphatic rings. The van der Waals surface area contributed by atoms with Crippen LogP contribution in [0, 0.1) is 0 Å². The van der Waals surface area contributed by atoms with Gasteiger partial charge in [0.15, 0.2) is 5.96 Å². The first-order chi connectivity index (χ1) is 12.8. The van der Waals surface area contributed by atoms with E-state index in [9.17, 15) is 0 Å². The Labute approximate surface area is 156 Å². The van der Waals surface area contributed by atoms with E-state index in [2.05, 4.69) is 88.1 Å². The van der Waals surface area contributed by atoms with Crippen LogP contribution in [0.4, 0.5) is 5.69 Å². The van der Waals surface area contributed by atoms with E-state index in [4.69, 9.17) is 0 Å². The second-order valence-corrected chi connectivity index (χ2v) is 7.24. The fourth-order valence-corrected chi connectivity index (χ4v) is 3.83. The second-order valence-electron chi connectivity index (χ2n) is 7.24. The van der Waals surface area contributed by atoms with Crippen LogP contribution in [0.1, 0.15) is 31.2 Å². The lowest BCUT2D eigenvalue weighted by Gasteiger charge is -2.20. The number of anilines is 1. The molecule has 4 rings (SSSR count). The van der Waals surface area contributed by atoms with Crippen LogP contribution in [-0.4, -0.2) is 37.7 Å². The lowest BCUT2D eigenvalue weighted by Crippen LogP contribution is -2.45. The topological polar surface area (TPSA) is 39.7 Å². The Balaban J connectivity index is 1.32. The van der Waals surface area contributed by atoms with Crippen LogP contribution in [-0.2, 0) is 0 Å². The van der Waals surface area contributed by atoms with E-state index >= 15 is 0 Å². The maximum absolute atomic E-state index is 4.67. The number of nitrogens with one attached hydrogen (secondary N) is 2. The molecule has 0 radical (unpaired) electrons. The highest BCUT2D eigenvalue weighted by Crippen LogP contribution is 2.40. The highest BCUT2D eigenvalue weighted by atomic mass is 15.3. The van der Waals surface area contributed by atoms with Crippen molar-refractivity contribution in [3.05, 3.63) is 66.2 Å². The molecule has 4 heteroatoms. The maximum Gasteiger partial charge on any atom is 0.191 e. The number of para-hydroxylation sites is 1. The summed E-state index contributed by atoms with van der Waals surface area (Å²) < 4.78 is 0. The average molecular weight is 348 g/mol. The first-order valence-electron chi connectivity index (χ1n) is 9.76. The Morgan fingerprint density at radius 2 is 1.77 bits per heavy atom. The molecule has 136 valence electrons. The van der Waals surface area contributed by atoms with Gasteiger partial charge < -0.3 is 15.5 Å². The van der Waals surface area contributed by atoms with Crippen molar-refractivity contribution in [1.82, 2.24) is 10.6 Å². The zero-order valence-corrected chi connectivity index (χ0v) is 15.4. The quantitative estimate of drug-likeness (QED) is 0.643. The van der Waals surface area contributed by atoms with E-state index in [0.717, 1.165) is 32.0 Å². The summed E-state index contributed by atoms with van der Waals surface area (Å²) in [5.74, 6) is 1.58. The van der Waals surface area contributed by atoms with E-state index in [1.165, 1.54) is 17.7 Å². The van der Waals surface area contributed by atoms with E-state index in [1.54, 1.807) is 0 Å². The van der Waals surface area contributed by atoms with Crippen LogP contribution in [0.15, 0.2) is 65.7 Å². The molecule has 1 saturated carbocycles. The summed E-state index contributed by atoms with van der Waals surface area (Å²) in [5, 5.41) is 7.30. The fourth-order valence-electron chi connectivity index (χ4n) is 3.83. The Bertz CT molecular complexity index is 728. The van der Waals surface area contributed by atoms with Crippen LogP contribution in [0.5, 0.6) is 0 Å². The van der Waals surface area contributed by atoms with Gasteiger partial charge in [0.2, 0.25) is 0 Å². The number of benzene rings is 2. The molecule has 2 fully saturated rings.